The van der Waals surface area contributed by atoms with E-state index in [4.69, 9.17) is 4.74 Å². The summed E-state index contributed by atoms with van der Waals surface area (Å²) in [5, 5.41) is 10.3. The zero-order chi connectivity index (χ0) is 24.6. The second-order valence-electron chi connectivity index (χ2n) is 9.38. The molecule has 9 heteroatoms. The summed E-state index contributed by atoms with van der Waals surface area (Å²) in [6, 6.07) is 16.3. The van der Waals surface area contributed by atoms with Gasteiger partial charge in [-0.05, 0) is 48.2 Å². The Balaban J connectivity index is 1.41. The molecular formula is C26H32N4O4S. The molecule has 2 saturated heterocycles. The first-order chi connectivity index (χ1) is 16.9. The van der Waals surface area contributed by atoms with E-state index in [0.29, 0.717) is 13.1 Å². The van der Waals surface area contributed by atoms with Gasteiger partial charge in [0.15, 0.2) is 5.03 Å². The SMILES string of the molecule is COc1cccc(-c2ccc([C@H]3[C@@H](CO)N4CCCCN(S(=O)(=O)c5cn(C)cn5)C[C@H]34)cc2)c1. The maximum absolute atomic E-state index is 13.4. The van der Waals surface area contributed by atoms with Crippen molar-refractivity contribution in [3.8, 4) is 16.9 Å². The monoisotopic (exact) mass is 496 g/mol. The molecule has 3 atom stereocenters. The Morgan fingerprint density at radius 1 is 1.09 bits per heavy atom. The summed E-state index contributed by atoms with van der Waals surface area (Å²) in [5.74, 6) is 0.865. The Morgan fingerprint density at radius 3 is 2.54 bits per heavy atom. The largest absolute Gasteiger partial charge is 0.497 e. The Bertz CT molecular complexity index is 1270. The Morgan fingerprint density at radius 2 is 1.86 bits per heavy atom. The molecule has 35 heavy (non-hydrogen) atoms. The molecule has 0 amide bonds. The number of sulfonamides is 1. The van der Waals surface area contributed by atoms with E-state index in [0.717, 1.165) is 41.8 Å². The van der Waals surface area contributed by atoms with E-state index in [1.807, 2.05) is 24.3 Å². The number of aromatic nitrogens is 2. The third kappa shape index (κ3) is 4.49. The molecule has 186 valence electrons. The third-order valence-corrected chi connectivity index (χ3v) is 9.07. The number of aliphatic hydroxyl groups is 1. The Kier molecular flexibility index (Phi) is 6.67. The van der Waals surface area contributed by atoms with Crippen LogP contribution in [-0.4, -0.2) is 77.7 Å². The zero-order valence-corrected chi connectivity index (χ0v) is 20.9. The van der Waals surface area contributed by atoms with Crippen molar-refractivity contribution < 1.29 is 18.3 Å². The number of methoxy groups -OCH3 is 1. The molecule has 2 aliphatic heterocycles. The van der Waals surface area contributed by atoms with Crippen LogP contribution >= 0.6 is 0 Å². The molecule has 3 aromatic rings. The molecule has 0 bridgehead atoms. The minimum absolute atomic E-state index is 0.00797. The van der Waals surface area contributed by atoms with Crippen molar-refractivity contribution in [2.24, 2.45) is 7.05 Å². The number of aliphatic hydroxyl groups excluding tert-OH is 1. The molecular weight excluding hydrogens is 464 g/mol. The zero-order valence-electron chi connectivity index (χ0n) is 20.1. The number of rotatable bonds is 6. The summed E-state index contributed by atoms with van der Waals surface area (Å²) in [7, 11) is -0.255. The van der Waals surface area contributed by atoms with Crippen molar-refractivity contribution in [3.63, 3.8) is 0 Å². The van der Waals surface area contributed by atoms with E-state index in [9.17, 15) is 13.5 Å². The molecule has 0 spiro atoms. The van der Waals surface area contributed by atoms with E-state index in [-0.39, 0.29) is 29.6 Å². The molecule has 1 N–H and O–H groups in total. The van der Waals surface area contributed by atoms with E-state index in [1.165, 1.54) is 6.33 Å². The molecule has 3 heterocycles. The van der Waals surface area contributed by atoms with Crippen molar-refractivity contribution >= 4 is 10.0 Å². The van der Waals surface area contributed by atoms with Crippen LogP contribution in [0.25, 0.3) is 11.1 Å². The molecule has 2 aliphatic rings. The molecule has 0 radical (unpaired) electrons. The van der Waals surface area contributed by atoms with E-state index in [1.54, 1.807) is 29.2 Å². The van der Waals surface area contributed by atoms with Gasteiger partial charge in [0.2, 0.25) is 0 Å². The maximum Gasteiger partial charge on any atom is 0.262 e. The predicted molar refractivity (Wildman–Crippen MR) is 134 cm³/mol. The smallest absolute Gasteiger partial charge is 0.262 e. The summed E-state index contributed by atoms with van der Waals surface area (Å²) >= 11 is 0. The van der Waals surface area contributed by atoms with Gasteiger partial charge >= 0.3 is 0 Å². The van der Waals surface area contributed by atoms with Gasteiger partial charge in [-0.3, -0.25) is 4.90 Å². The highest BCUT2D eigenvalue weighted by Gasteiger charge is 2.50. The Hall–Kier alpha value is -2.72. The number of hydrogen-bond donors (Lipinski definition) is 1. The number of hydrogen-bond acceptors (Lipinski definition) is 6. The lowest BCUT2D eigenvalue weighted by molar-refractivity contribution is -0.0554. The fraction of sp³-hybridized carbons (Fsp3) is 0.423. The van der Waals surface area contributed by atoms with E-state index < -0.39 is 10.0 Å². The lowest BCUT2D eigenvalue weighted by Crippen LogP contribution is -2.67. The fourth-order valence-electron chi connectivity index (χ4n) is 5.48. The van der Waals surface area contributed by atoms with Gasteiger partial charge in [-0.2, -0.15) is 4.31 Å². The van der Waals surface area contributed by atoms with Crippen molar-refractivity contribution in [2.45, 2.75) is 35.9 Å². The first-order valence-corrected chi connectivity index (χ1v) is 13.5. The van der Waals surface area contributed by atoms with Gasteiger partial charge in [-0.15, -0.1) is 0 Å². The van der Waals surface area contributed by atoms with Crippen LogP contribution in [0.15, 0.2) is 66.1 Å². The van der Waals surface area contributed by atoms with E-state index in [2.05, 4.69) is 34.1 Å². The summed E-state index contributed by atoms with van der Waals surface area (Å²) in [6.45, 7) is 1.78. The first kappa shape index (κ1) is 24.0. The van der Waals surface area contributed by atoms with Gasteiger partial charge in [-0.25, -0.2) is 13.4 Å². The Labute approximate surface area is 206 Å². The highest BCUT2D eigenvalue weighted by atomic mass is 32.2. The van der Waals surface area contributed by atoms with Gasteiger partial charge in [-0.1, -0.05) is 36.4 Å². The second-order valence-corrected chi connectivity index (χ2v) is 11.3. The number of imidazole rings is 1. The number of benzene rings is 2. The molecule has 8 nitrogen and oxygen atoms in total. The van der Waals surface area contributed by atoms with Crippen LogP contribution in [0.4, 0.5) is 0 Å². The molecule has 0 aliphatic carbocycles. The van der Waals surface area contributed by atoms with Crippen LogP contribution in [0, 0.1) is 0 Å². The minimum atomic E-state index is -3.68. The van der Waals surface area contributed by atoms with Crippen molar-refractivity contribution in [1.29, 1.82) is 0 Å². The van der Waals surface area contributed by atoms with Crippen LogP contribution < -0.4 is 4.74 Å². The average molecular weight is 497 g/mol. The first-order valence-electron chi connectivity index (χ1n) is 12.0. The molecule has 1 aromatic heterocycles. The van der Waals surface area contributed by atoms with Gasteiger partial charge in [0.25, 0.3) is 10.0 Å². The minimum Gasteiger partial charge on any atom is -0.497 e. The van der Waals surface area contributed by atoms with Crippen LogP contribution in [-0.2, 0) is 17.1 Å². The van der Waals surface area contributed by atoms with Crippen molar-refractivity contribution in [3.05, 3.63) is 66.6 Å². The van der Waals surface area contributed by atoms with Crippen LogP contribution in [0.1, 0.15) is 24.3 Å². The molecule has 0 unspecified atom stereocenters. The maximum atomic E-state index is 13.4. The molecule has 2 fully saturated rings. The number of aryl methyl sites for hydroxylation is 1. The number of nitrogens with zero attached hydrogens (tertiary/aromatic N) is 4. The topological polar surface area (TPSA) is 87.9 Å². The van der Waals surface area contributed by atoms with Crippen LogP contribution in [0.3, 0.4) is 0 Å². The van der Waals surface area contributed by atoms with Gasteiger partial charge < -0.3 is 14.4 Å². The predicted octanol–water partition coefficient (Wildman–Crippen LogP) is 2.71. The van der Waals surface area contributed by atoms with Gasteiger partial charge in [0.1, 0.15) is 5.75 Å². The second kappa shape index (κ2) is 9.73. The quantitative estimate of drug-likeness (QED) is 0.565. The molecule has 0 saturated carbocycles. The highest BCUT2D eigenvalue weighted by Crippen LogP contribution is 2.43. The van der Waals surface area contributed by atoms with Crippen LogP contribution in [0.5, 0.6) is 5.75 Å². The third-order valence-electron chi connectivity index (χ3n) is 7.32. The van der Waals surface area contributed by atoms with Crippen LogP contribution in [0.2, 0.25) is 0 Å². The average Bonchev–Trinajstić information content (AvgIpc) is 3.30. The van der Waals surface area contributed by atoms with Crippen molar-refractivity contribution in [1.82, 2.24) is 18.8 Å². The van der Waals surface area contributed by atoms with Crippen molar-refractivity contribution in [2.75, 3.05) is 33.4 Å². The number of ether oxygens (including phenoxy) is 1. The van der Waals surface area contributed by atoms with Gasteiger partial charge in [0, 0.05) is 44.3 Å². The summed E-state index contributed by atoms with van der Waals surface area (Å²) < 4.78 is 35.3. The molecule has 2 aromatic carbocycles. The summed E-state index contributed by atoms with van der Waals surface area (Å²) in [5.41, 5.74) is 3.28. The lowest BCUT2D eigenvalue weighted by Gasteiger charge is -2.57. The summed E-state index contributed by atoms with van der Waals surface area (Å²) in [6.07, 6.45) is 4.75. The standard InChI is InChI=1S/C26H32N4O4S/c1-28-16-25(27-18-28)35(32,33)29-12-3-4-13-30-23(15-29)26(24(30)17-31)20-10-8-19(9-11-20)21-6-5-7-22(14-21)34-2/h5-11,14,16,18,23-24,26,31H,3-4,12-13,15,17H2,1-2H3/t23-,24-,26-/m1/s1. The fourth-order valence-corrected chi connectivity index (χ4v) is 6.94. The molecule has 5 rings (SSSR count). The summed E-state index contributed by atoms with van der Waals surface area (Å²) in [4.78, 5) is 6.39. The normalized spacial score (nSPS) is 23.7. The number of fused-ring (bicyclic) bond motifs is 1. The van der Waals surface area contributed by atoms with E-state index >= 15 is 0 Å². The highest BCUT2D eigenvalue weighted by molar-refractivity contribution is 7.89. The lowest BCUT2D eigenvalue weighted by atomic mass is 9.74. The van der Waals surface area contributed by atoms with Gasteiger partial charge in [0.05, 0.1) is 20.0 Å².